The zero-order chi connectivity index (χ0) is 9.68. The molecule has 1 aromatic rings. The minimum absolute atomic E-state index is 0.882. The Morgan fingerprint density at radius 1 is 1.46 bits per heavy atom. The van der Waals surface area contributed by atoms with Crippen molar-refractivity contribution in [1.82, 2.24) is 4.98 Å². The first-order valence-corrected chi connectivity index (χ1v) is 4.97. The summed E-state index contributed by atoms with van der Waals surface area (Å²) in [5, 5.41) is 1.08. The van der Waals surface area contributed by atoms with Crippen molar-refractivity contribution in [3.8, 4) is 0 Å². The number of allylic oxidation sites excluding steroid dienone is 2. The Bertz CT molecular complexity index is 334. The summed E-state index contributed by atoms with van der Waals surface area (Å²) in [6.07, 6.45) is 8.66. The van der Waals surface area contributed by atoms with E-state index in [9.17, 15) is 0 Å². The van der Waals surface area contributed by atoms with Crippen LogP contribution in [0.2, 0.25) is 0 Å². The molecule has 0 spiro atoms. The average Bonchev–Trinajstić information content (AvgIpc) is 2.47. The summed E-state index contributed by atoms with van der Waals surface area (Å²) in [6, 6.07) is 0. The van der Waals surface area contributed by atoms with Crippen LogP contribution >= 0.6 is 11.3 Å². The lowest BCUT2D eigenvalue weighted by Gasteiger charge is -1.86. The summed E-state index contributed by atoms with van der Waals surface area (Å²) in [4.78, 5) is 5.52. The third-order valence-corrected chi connectivity index (χ3v) is 2.53. The van der Waals surface area contributed by atoms with Gasteiger partial charge in [0.15, 0.2) is 0 Å². The van der Waals surface area contributed by atoms with Gasteiger partial charge in [-0.15, -0.1) is 17.9 Å². The maximum absolute atomic E-state index is 4.38. The molecular formula is C11H13NS. The van der Waals surface area contributed by atoms with Crippen LogP contribution in [0.1, 0.15) is 22.0 Å². The number of aromatic nitrogens is 1. The van der Waals surface area contributed by atoms with Crippen molar-refractivity contribution in [1.29, 1.82) is 0 Å². The van der Waals surface area contributed by atoms with Gasteiger partial charge < -0.3 is 0 Å². The smallest absolute Gasteiger partial charge is 0.0907 e. The van der Waals surface area contributed by atoms with Crippen molar-refractivity contribution >= 4 is 23.5 Å². The first-order valence-electron chi connectivity index (χ1n) is 4.15. The van der Waals surface area contributed by atoms with Crippen molar-refractivity contribution in [2.75, 3.05) is 0 Å². The molecule has 2 heteroatoms. The highest BCUT2D eigenvalue weighted by molar-refractivity contribution is 7.12. The molecule has 0 aliphatic rings. The van der Waals surface area contributed by atoms with Gasteiger partial charge in [-0.3, -0.25) is 0 Å². The van der Waals surface area contributed by atoms with E-state index in [2.05, 4.69) is 24.2 Å². The van der Waals surface area contributed by atoms with E-state index in [1.165, 1.54) is 0 Å². The van der Waals surface area contributed by atoms with E-state index in [1.54, 1.807) is 11.3 Å². The third-order valence-electron chi connectivity index (χ3n) is 1.55. The van der Waals surface area contributed by atoms with Crippen molar-refractivity contribution < 1.29 is 0 Å². The monoisotopic (exact) mass is 191 g/mol. The van der Waals surface area contributed by atoms with Crippen LogP contribution in [0.4, 0.5) is 0 Å². The number of rotatable bonds is 4. The lowest BCUT2D eigenvalue weighted by atomic mass is 10.3. The van der Waals surface area contributed by atoms with Crippen LogP contribution in [0.5, 0.6) is 0 Å². The second-order valence-electron chi connectivity index (χ2n) is 2.61. The van der Waals surface area contributed by atoms with E-state index in [1.807, 2.05) is 25.2 Å². The maximum Gasteiger partial charge on any atom is 0.0907 e. The van der Waals surface area contributed by atoms with E-state index in [0.29, 0.717) is 0 Å². The Labute approximate surface area is 83.1 Å². The molecule has 0 radical (unpaired) electrons. The molecule has 0 bridgehead atoms. The summed E-state index contributed by atoms with van der Waals surface area (Å²) >= 11 is 1.67. The van der Waals surface area contributed by atoms with Crippen molar-refractivity contribution in [2.45, 2.75) is 13.3 Å². The molecule has 0 aliphatic heterocycles. The van der Waals surface area contributed by atoms with Gasteiger partial charge in [0.2, 0.25) is 0 Å². The molecule has 0 unspecified atom stereocenters. The summed E-state index contributed by atoms with van der Waals surface area (Å²) < 4.78 is 0. The zero-order valence-corrected chi connectivity index (χ0v) is 8.60. The lowest BCUT2D eigenvalue weighted by molar-refractivity contribution is 1.27. The topological polar surface area (TPSA) is 12.9 Å². The molecule has 0 fully saturated rings. The molecule has 0 aliphatic carbocycles. The standard InChI is InChI=1S/C11H13NS/c1-4-6-7-8-10-11(5-2)13-9(3)12-10/h4-5,7-8H,1-2,6H2,3H3/b8-7-. The minimum Gasteiger partial charge on any atom is -0.242 e. The van der Waals surface area contributed by atoms with E-state index in [-0.39, 0.29) is 0 Å². The van der Waals surface area contributed by atoms with Gasteiger partial charge in [0.05, 0.1) is 15.6 Å². The molecule has 1 heterocycles. The fraction of sp³-hybridized carbons (Fsp3) is 0.182. The number of hydrogen-bond donors (Lipinski definition) is 0. The van der Waals surface area contributed by atoms with Gasteiger partial charge in [-0.25, -0.2) is 4.98 Å². The van der Waals surface area contributed by atoms with Crippen LogP contribution in [0.25, 0.3) is 12.2 Å². The first-order chi connectivity index (χ1) is 6.27. The maximum atomic E-state index is 4.38. The largest absolute Gasteiger partial charge is 0.242 e. The second-order valence-corrected chi connectivity index (χ2v) is 3.85. The van der Waals surface area contributed by atoms with Gasteiger partial charge in [0, 0.05) is 0 Å². The van der Waals surface area contributed by atoms with Gasteiger partial charge in [0.25, 0.3) is 0 Å². The molecule has 1 aromatic heterocycles. The van der Waals surface area contributed by atoms with Gasteiger partial charge >= 0.3 is 0 Å². The van der Waals surface area contributed by atoms with Crippen molar-refractivity contribution in [2.24, 2.45) is 0 Å². The lowest BCUT2D eigenvalue weighted by Crippen LogP contribution is -1.74. The fourth-order valence-corrected chi connectivity index (χ4v) is 1.76. The summed E-state index contributed by atoms with van der Waals surface area (Å²) in [5.74, 6) is 0. The Balaban J connectivity index is 2.86. The van der Waals surface area contributed by atoms with Crippen LogP contribution in [0, 0.1) is 6.92 Å². The molecule has 0 aromatic carbocycles. The molecule has 1 nitrogen and oxygen atoms in total. The highest BCUT2D eigenvalue weighted by Crippen LogP contribution is 2.20. The summed E-state index contributed by atoms with van der Waals surface area (Å²) in [5.41, 5.74) is 1.01. The molecular weight excluding hydrogens is 178 g/mol. The van der Waals surface area contributed by atoms with Gasteiger partial charge in [-0.05, 0) is 25.5 Å². The average molecular weight is 191 g/mol. The fourth-order valence-electron chi connectivity index (χ4n) is 1.00. The zero-order valence-electron chi connectivity index (χ0n) is 7.79. The second kappa shape index (κ2) is 4.77. The molecule has 13 heavy (non-hydrogen) atoms. The predicted molar refractivity (Wildman–Crippen MR) is 60.8 cm³/mol. The van der Waals surface area contributed by atoms with Crippen LogP contribution in [0.15, 0.2) is 25.3 Å². The van der Waals surface area contributed by atoms with E-state index in [0.717, 1.165) is 22.0 Å². The predicted octanol–water partition coefficient (Wildman–Crippen LogP) is 3.68. The molecule has 0 atom stereocenters. The SMILES string of the molecule is C=CC/C=C\c1nc(C)sc1C=C. The van der Waals surface area contributed by atoms with Gasteiger partial charge in [0.1, 0.15) is 0 Å². The molecule has 68 valence electrons. The number of aryl methyl sites for hydroxylation is 1. The Kier molecular flexibility index (Phi) is 3.65. The van der Waals surface area contributed by atoms with E-state index < -0.39 is 0 Å². The molecule has 0 saturated heterocycles. The molecule has 1 rings (SSSR count). The first kappa shape index (κ1) is 9.93. The normalized spacial score (nSPS) is 10.5. The van der Waals surface area contributed by atoms with E-state index in [4.69, 9.17) is 0 Å². The van der Waals surface area contributed by atoms with Crippen molar-refractivity contribution in [3.63, 3.8) is 0 Å². The minimum atomic E-state index is 0.882. The van der Waals surface area contributed by atoms with Crippen LogP contribution in [-0.4, -0.2) is 4.98 Å². The van der Waals surface area contributed by atoms with Crippen LogP contribution in [0.3, 0.4) is 0 Å². The highest BCUT2D eigenvalue weighted by atomic mass is 32.1. The Morgan fingerprint density at radius 3 is 2.85 bits per heavy atom. The number of hydrogen-bond acceptors (Lipinski definition) is 2. The molecule has 0 amide bonds. The van der Waals surface area contributed by atoms with Crippen LogP contribution in [-0.2, 0) is 0 Å². The quantitative estimate of drug-likeness (QED) is 0.661. The molecule has 0 N–H and O–H groups in total. The Hall–Kier alpha value is -1.15. The van der Waals surface area contributed by atoms with Gasteiger partial charge in [-0.2, -0.15) is 0 Å². The number of nitrogens with zero attached hydrogens (tertiary/aromatic N) is 1. The number of thiazole rings is 1. The summed E-state index contributed by atoms with van der Waals surface area (Å²) in [6.45, 7) is 9.40. The Morgan fingerprint density at radius 2 is 2.23 bits per heavy atom. The third kappa shape index (κ3) is 2.67. The summed E-state index contributed by atoms with van der Waals surface area (Å²) in [7, 11) is 0. The highest BCUT2D eigenvalue weighted by Gasteiger charge is 2.01. The van der Waals surface area contributed by atoms with E-state index >= 15 is 0 Å². The van der Waals surface area contributed by atoms with Crippen LogP contribution < -0.4 is 0 Å². The molecule has 0 saturated carbocycles. The van der Waals surface area contributed by atoms with Crippen molar-refractivity contribution in [3.05, 3.63) is 40.9 Å². The van der Waals surface area contributed by atoms with Gasteiger partial charge in [-0.1, -0.05) is 18.7 Å².